The second kappa shape index (κ2) is 8.64. The van der Waals surface area contributed by atoms with E-state index < -0.39 is 35.5 Å². The van der Waals surface area contributed by atoms with Gasteiger partial charge in [0.15, 0.2) is 17.6 Å². The van der Waals surface area contributed by atoms with Crippen LogP contribution in [0.25, 0.3) is 0 Å². The summed E-state index contributed by atoms with van der Waals surface area (Å²) in [5, 5.41) is 51.1. The van der Waals surface area contributed by atoms with Gasteiger partial charge in [0.1, 0.15) is 6.04 Å². The molecule has 1 spiro atoms. The van der Waals surface area contributed by atoms with Crippen molar-refractivity contribution >= 4 is 35.5 Å². The van der Waals surface area contributed by atoms with Crippen LogP contribution in [0.1, 0.15) is 40.0 Å². The van der Waals surface area contributed by atoms with Gasteiger partial charge >= 0.3 is 0 Å². The third kappa shape index (κ3) is 3.56. The lowest BCUT2D eigenvalue weighted by molar-refractivity contribution is -0.232. The average molecular weight is 540 g/mol. The number of aliphatic hydroxyl groups is 2. The van der Waals surface area contributed by atoms with Crippen molar-refractivity contribution in [1.29, 1.82) is 10.8 Å². The summed E-state index contributed by atoms with van der Waals surface area (Å²) in [6.07, 6.45) is 1.04. The van der Waals surface area contributed by atoms with Crippen LogP contribution < -0.4 is 21.3 Å². The minimum Gasteiger partial charge on any atom is -0.361 e. The largest absolute Gasteiger partial charge is 0.361 e. The molecular formula is C24H29N9O6. The Kier molecular flexibility index (Phi) is 5.55. The van der Waals surface area contributed by atoms with E-state index in [4.69, 9.17) is 10.8 Å². The number of hydrogen-bond donors (Lipinski definition) is 8. The van der Waals surface area contributed by atoms with Crippen molar-refractivity contribution in [1.82, 2.24) is 36.0 Å². The zero-order valence-electron chi connectivity index (χ0n) is 20.9. The number of carbonyl (C=O) groups excluding carboxylic acids is 4. The first-order valence-corrected chi connectivity index (χ1v) is 12.8. The first-order valence-electron chi connectivity index (χ1n) is 12.8. The van der Waals surface area contributed by atoms with E-state index in [0.29, 0.717) is 13.1 Å². The number of imide groups is 1. The second-order valence-corrected chi connectivity index (χ2v) is 10.4. The molecule has 5 aliphatic heterocycles. The fourth-order valence-corrected chi connectivity index (χ4v) is 6.15. The molecule has 2 unspecified atom stereocenters. The predicted molar refractivity (Wildman–Crippen MR) is 133 cm³/mol. The molecule has 5 fully saturated rings. The highest BCUT2D eigenvalue weighted by molar-refractivity contribution is 6.07. The van der Waals surface area contributed by atoms with E-state index in [-0.39, 0.29) is 66.7 Å². The lowest BCUT2D eigenvalue weighted by Crippen LogP contribution is -2.81. The van der Waals surface area contributed by atoms with E-state index in [1.54, 1.807) is 23.1 Å². The van der Waals surface area contributed by atoms with Crippen molar-refractivity contribution in [3.63, 3.8) is 0 Å². The average Bonchev–Trinajstić information content (AvgIpc) is 3.46. The molecule has 0 bridgehead atoms. The summed E-state index contributed by atoms with van der Waals surface area (Å²) in [7, 11) is 0. The smallest absolute Gasteiger partial charge is 0.254 e. The van der Waals surface area contributed by atoms with E-state index in [9.17, 15) is 29.4 Å². The first kappa shape index (κ1) is 25.1. The van der Waals surface area contributed by atoms with E-state index in [0.717, 1.165) is 11.3 Å². The number of rotatable bonds is 5. The SMILES string of the molecule is N=C1NC2[C@H](CN3C(=O)CCC3=O)NC(=N)N3C[C@H](NC(=O)c4ccccc4C(=O)N4CCC4)C(O)(O)C23N1. The molecule has 5 aliphatic rings. The van der Waals surface area contributed by atoms with Gasteiger partial charge in [-0.25, -0.2) is 0 Å². The van der Waals surface area contributed by atoms with Gasteiger partial charge in [0.05, 0.1) is 29.8 Å². The molecule has 4 atom stereocenters. The predicted octanol–water partition coefficient (Wildman–Crippen LogP) is -3.12. The minimum absolute atomic E-state index is 0.0755. The molecule has 1 aromatic rings. The molecule has 15 heteroatoms. The maximum Gasteiger partial charge on any atom is 0.254 e. The van der Waals surface area contributed by atoms with Gasteiger partial charge in [0.25, 0.3) is 11.8 Å². The van der Waals surface area contributed by atoms with E-state index in [2.05, 4.69) is 21.3 Å². The van der Waals surface area contributed by atoms with Crippen molar-refractivity contribution < 1.29 is 29.4 Å². The van der Waals surface area contributed by atoms with Crippen LogP contribution >= 0.6 is 0 Å². The Morgan fingerprint density at radius 3 is 2.36 bits per heavy atom. The molecule has 0 saturated carbocycles. The molecule has 0 radical (unpaired) electrons. The molecule has 8 N–H and O–H groups in total. The van der Waals surface area contributed by atoms with Crippen molar-refractivity contribution in [3.05, 3.63) is 35.4 Å². The number of nitrogens with zero attached hydrogens (tertiary/aromatic N) is 3. The van der Waals surface area contributed by atoms with Crippen molar-refractivity contribution in [2.24, 2.45) is 0 Å². The van der Waals surface area contributed by atoms with Crippen LogP contribution in [-0.4, -0.2) is 116 Å². The lowest BCUT2D eigenvalue weighted by atomic mass is 9.84. The van der Waals surface area contributed by atoms with Crippen LogP contribution in [-0.2, 0) is 9.59 Å². The molecule has 15 nitrogen and oxygen atoms in total. The summed E-state index contributed by atoms with van der Waals surface area (Å²) in [4.78, 5) is 54.8. The highest BCUT2D eigenvalue weighted by Crippen LogP contribution is 2.43. The lowest BCUT2D eigenvalue weighted by Gasteiger charge is -2.51. The van der Waals surface area contributed by atoms with Crippen LogP contribution in [0.3, 0.4) is 0 Å². The summed E-state index contributed by atoms with van der Waals surface area (Å²) in [6, 6.07) is 3.09. The summed E-state index contributed by atoms with van der Waals surface area (Å²) in [5.74, 6) is -4.95. The number of hydrogen-bond acceptors (Lipinski definition) is 8. The number of likely N-dealkylation sites (tertiary alicyclic amines) is 2. The highest BCUT2D eigenvalue weighted by atomic mass is 16.5. The number of carbonyl (C=O) groups is 4. The summed E-state index contributed by atoms with van der Waals surface area (Å²) in [5.41, 5.74) is -1.61. The molecule has 1 aromatic carbocycles. The van der Waals surface area contributed by atoms with Crippen LogP contribution in [0.15, 0.2) is 24.3 Å². The molecule has 0 aromatic heterocycles. The number of nitrogens with one attached hydrogen (secondary N) is 6. The molecular weight excluding hydrogens is 510 g/mol. The Labute approximate surface area is 222 Å². The Morgan fingerprint density at radius 2 is 1.72 bits per heavy atom. The monoisotopic (exact) mass is 539 g/mol. The van der Waals surface area contributed by atoms with Gasteiger partial charge in [0, 0.05) is 32.5 Å². The minimum atomic E-state index is -2.73. The van der Waals surface area contributed by atoms with E-state index in [1.165, 1.54) is 11.0 Å². The number of benzene rings is 1. The van der Waals surface area contributed by atoms with Gasteiger partial charge in [-0.15, -0.1) is 0 Å². The molecule has 5 saturated heterocycles. The first-order chi connectivity index (χ1) is 18.5. The Bertz CT molecular complexity index is 1300. The molecule has 39 heavy (non-hydrogen) atoms. The van der Waals surface area contributed by atoms with E-state index >= 15 is 0 Å². The summed E-state index contributed by atoms with van der Waals surface area (Å²) < 4.78 is 0. The van der Waals surface area contributed by atoms with Crippen LogP contribution in [0.2, 0.25) is 0 Å². The van der Waals surface area contributed by atoms with Crippen molar-refractivity contribution in [3.8, 4) is 0 Å². The van der Waals surface area contributed by atoms with Gasteiger partial charge in [-0.2, -0.15) is 0 Å². The van der Waals surface area contributed by atoms with Gasteiger partial charge < -0.3 is 41.3 Å². The fraction of sp³-hybridized carbons (Fsp3) is 0.500. The molecule has 6 rings (SSSR count). The Morgan fingerprint density at radius 1 is 1.05 bits per heavy atom. The van der Waals surface area contributed by atoms with Crippen LogP contribution in [0.4, 0.5) is 0 Å². The van der Waals surface area contributed by atoms with Gasteiger partial charge in [-0.05, 0) is 18.6 Å². The second-order valence-electron chi connectivity index (χ2n) is 10.4. The summed E-state index contributed by atoms with van der Waals surface area (Å²) in [6.45, 7) is 0.825. The van der Waals surface area contributed by atoms with Gasteiger partial charge in [0.2, 0.25) is 17.6 Å². The standard InChI is InChI=1S/C24H29N9O6/c25-21-29-18-14(10-32-16(34)6-7-17(32)35)27-22(26)33-11-15(24(38,39)23(18,33)30-21)28-19(36)12-4-1-2-5-13(12)20(37)31-8-3-9-31/h1-2,4-5,14-15,18,38-39H,3,6-11H2,(H2,26,27)(H,28,36)(H3,25,29,30)/t14-,15-,18?,23?/m0/s1. The molecule has 206 valence electrons. The maximum atomic E-state index is 13.4. The molecule has 5 heterocycles. The van der Waals surface area contributed by atoms with Gasteiger partial charge in [-0.3, -0.25) is 34.9 Å². The molecule has 0 aliphatic carbocycles. The summed E-state index contributed by atoms with van der Waals surface area (Å²) >= 11 is 0. The highest BCUT2D eigenvalue weighted by Gasteiger charge is 2.74. The Balaban J connectivity index is 1.29. The van der Waals surface area contributed by atoms with Crippen LogP contribution in [0, 0.1) is 10.8 Å². The maximum absolute atomic E-state index is 13.4. The molecule has 4 amide bonds. The van der Waals surface area contributed by atoms with E-state index in [1.807, 2.05) is 0 Å². The van der Waals surface area contributed by atoms with Crippen molar-refractivity contribution in [2.45, 2.75) is 48.8 Å². The van der Waals surface area contributed by atoms with Crippen molar-refractivity contribution in [2.75, 3.05) is 26.2 Å². The van der Waals surface area contributed by atoms with Gasteiger partial charge in [-0.1, -0.05) is 12.1 Å². The topological polar surface area (TPSA) is 214 Å². The van der Waals surface area contributed by atoms with Crippen LogP contribution in [0.5, 0.6) is 0 Å². The number of guanidine groups is 2. The fourth-order valence-electron chi connectivity index (χ4n) is 6.15. The third-order valence-corrected chi connectivity index (χ3v) is 8.28. The Hall–Kier alpha value is -4.24. The normalized spacial score (nSPS) is 30.7. The number of amides is 4. The quantitative estimate of drug-likeness (QED) is 0.139. The zero-order chi connectivity index (χ0) is 27.7. The third-order valence-electron chi connectivity index (χ3n) is 8.28. The zero-order valence-corrected chi connectivity index (χ0v) is 20.9.